The maximum absolute atomic E-state index is 2.59. The van der Waals surface area contributed by atoms with Crippen molar-refractivity contribution in [1.29, 1.82) is 0 Å². The molecule has 0 N–H and O–H groups in total. The highest BCUT2D eigenvalue weighted by Gasteiger charge is 2.53. The standard InChI is InChI=1S/C51H33N/c1-2-16-35(17-3-1)52-48-27-11-5-15-33(48)28-34-30-47-43(31-49(34)52)50-41(38-22-12-21-37-36-18-6-4-14-32(36)29-42(37)38)23-13-26-46(50)51(47)44-24-9-7-19-39(44)40-20-8-10-25-45(40)51/h1-27,30-31H,28-29H2. The Morgan fingerprint density at radius 3 is 1.71 bits per heavy atom. The van der Waals surface area contributed by atoms with E-state index < -0.39 is 5.41 Å². The monoisotopic (exact) mass is 659 g/mol. The van der Waals surface area contributed by atoms with Crippen molar-refractivity contribution in [3.05, 3.63) is 220 Å². The van der Waals surface area contributed by atoms with Gasteiger partial charge in [0.25, 0.3) is 0 Å². The highest BCUT2D eigenvalue weighted by Crippen LogP contribution is 2.65. The fourth-order valence-corrected chi connectivity index (χ4v) is 10.3. The van der Waals surface area contributed by atoms with Crippen molar-refractivity contribution in [2.45, 2.75) is 18.3 Å². The van der Waals surface area contributed by atoms with E-state index in [2.05, 4.69) is 181 Å². The van der Waals surface area contributed by atoms with Gasteiger partial charge in [0, 0.05) is 17.8 Å². The first-order chi connectivity index (χ1) is 25.8. The Balaban J connectivity index is 1.20. The third kappa shape index (κ3) is 3.53. The van der Waals surface area contributed by atoms with Crippen LogP contribution in [0.1, 0.15) is 44.5 Å². The summed E-state index contributed by atoms with van der Waals surface area (Å²) in [7, 11) is 0. The van der Waals surface area contributed by atoms with E-state index in [1.807, 2.05) is 0 Å². The lowest BCUT2D eigenvalue weighted by molar-refractivity contribution is 0.791. The lowest BCUT2D eigenvalue weighted by Gasteiger charge is -2.35. The molecule has 1 nitrogen and oxygen atoms in total. The van der Waals surface area contributed by atoms with Crippen molar-refractivity contribution in [1.82, 2.24) is 0 Å². The minimum Gasteiger partial charge on any atom is -0.310 e. The molecule has 0 radical (unpaired) electrons. The van der Waals surface area contributed by atoms with Crippen LogP contribution in [-0.2, 0) is 18.3 Å². The molecule has 0 saturated heterocycles. The fourth-order valence-electron chi connectivity index (χ4n) is 10.3. The number of anilines is 3. The van der Waals surface area contributed by atoms with Gasteiger partial charge in [-0.05, 0) is 120 Å². The molecule has 0 atom stereocenters. The van der Waals surface area contributed by atoms with Gasteiger partial charge in [-0.25, -0.2) is 0 Å². The molecule has 52 heavy (non-hydrogen) atoms. The number of fused-ring (bicyclic) bond motifs is 15. The summed E-state index contributed by atoms with van der Waals surface area (Å²) in [5.74, 6) is 0. The maximum atomic E-state index is 2.59. The summed E-state index contributed by atoms with van der Waals surface area (Å²) in [6.07, 6.45) is 1.85. The van der Waals surface area contributed by atoms with Gasteiger partial charge in [0.2, 0.25) is 0 Å². The Bertz CT molecular complexity index is 2760. The van der Waals surface area contributed by atoms with Gasteiger partial charge in [-0.15, -0.1) is 0 Å². The number of para-hydroxylation sites is 2. The topological polar surface area (TPSA) is 3.24 Å². The summed E-state index contributed by atoms with van der Waals surface area (Å²) in [5, 5.41) is 0. The van der Waals surface area contributed by atoms with E-state index in [0.717, 1.165) is 12.8 Å². The van der Waals surface area contributed by atoms with Crippen LogP contribution in [0.4, 0.5) is 17.1 Å². The first kappa shape index (κ1) is 28.3. The summed E-state index contributed by atoms with van der Waals surface area (Å²) in [6.45, 7) is 0. The molecule has 1 heterocycles. The normalized spacial score (nSPS) is 14.5. The third-order valence-electron chi connectivity index (χ3n) is 12.3. The molecule has 242 valence electrons. The van der Waals surface area contributed by atoms with Crippen molar-refractivity contribution in [3.63, 3.8) is 0 Å². The average molecular weight is 660 g/mol. The number of nitrogens with zero attached hydrogens (tertiary/aromatic N) is 1. The van der Waals surface area contributed by atoms with Crippen LogP contribution in [0.3, 0.4) is 0 Å². The van der Waals surface area contributed by atoms with Crippen LogP contribution in [0.5, 0.6) is 0 Å². The van der Waals surface area contributed by atoms with Crippen LogP contribution in [0.15, 0.2) is 176 Å². The first-order valence-electron chi connectivity index (χ1n) is 18.4. The van der Waals surface area contributed by atoms with E-state index in [9.17, 15) is 0 Å². The summed E-state index contributed by atoms with van der Waals surface area (Å²) >= 11 is 0. The quantitative estimate of drug-likeness (QED) is 0.179. The van der Waals surface area contributed by atoms with Gasteiger partial charge in [0.1, 0.15) is 0 Å². The molecule has 0 bridgehead atoms. The molecule has 1 aliphatic heterocycles. The molecule has 0 unspecified atom stereocenters. The molecule has 0 aromatic heterocycles. The van der Waals surface area contributed by atoms with E-state index in [1.165, 1.54) is 106 Å². The van der Waals surface area contributed by atoms with Crippen LogP contribution in [-0.4, -0.2) is 0 Å². The van der Waals surface area contributed by atoms with Gasteiger partial charge >= 0.3 is 0 Å². The van der Waals surface area contributed by atoms with Crippen LogP contribution in [0.25, 0.3) is 44.5 Å². The second-order valence-electron chi connectivity index (χ2n) is 14.7. The SMILES string of the molecule is c1ccc(N2c3ccccc3Cc3cc4c(cc32)-c2c(-c3cccc5c3Cc3ccccc3-5)cccc2C42c3ccccc3-c3ccccc32)cc1. The van der Waals surface area contributed by atoms with Crippen molar-refractivity contribution >= 4 is 17.1 Å². The predicted octanol–water partition coefficient (Wildman–Crippen LogP) is 12.6. The molecule has 8 aromatic carbocycles. The molecule has 12 rings (SSSR count). The molecule has 0 saturated carbocycles. The highest BCUT2D eigenvalue weighted by molar-refractivity contribution is 6.03. The molecule has 1 spiro atoms. The number of hydrogen-bond acceptors (Lipinski definition) is 1. The Labute approximate surface area is 304 Å². The lowest BCUT2D eigenvalue weighted by atomic mass is 9.70. The molecule has 1 heteroatoms. The Kier molecular flexibility index (Phi) is 5.61. The molecule has 8 aromatic rings. The second kappa shape index (κ2) is 10.3. The summed E-state index contributed by atoms with van der Waals surface area (Å²) in [6, 6.07) is 66.4. The second-order valence-corrected chi connectivity index (χ2v) is 14.7. The van der Waals surface area contributed by atoms with Crippen molar-refractivity contribution in [2.75, 3.05) is 4.90 Å². The van der Waals surface area contributed by atoms with Gasteiger partial charge < -0.3 is 4.90 Å². The number of benzene rings is 8. The van der Waals surface area contributed by atoms with Crippen LogP contribution < -0.4 is 4.90 Å². The van der Waals surface area contributed by atoms with Crippen LogP contribution >= 0.6 is 0 Å². The van der Waals surface area contributed by atoms with Crippen molar-refractivity contribution < 1.29 is 0 Å². The van der Waals surface area contributed by atoms with Crippen LogP contribution in [0.2, 0.25) is 0 Å². The third-order valence-corrected chi connectivity index (χ3v) is 12.3. The van der Waals surface area contributed by atoms with E-state index >= 15 is 0 Å². The summed E-state index contributed by atoms with van der Waals surface area (Å²) in [4.78, 5) is 2.50. The predicted molar refractivity (Wildman–Crippen MR) is 214 cm³/mol. The van der Waals surface area contributed by atoms with Gasteiger partial charge in [-0.1, -0.05) is 152 Å². The molecule has 3 aliphatic carbocycles. The largest absolute Gasteiger partial charge is 0.310 e. The van der Waals surface area contributed by atoms with E-state index in [1.54, 1.807) is 0 Å². The lowest BCUT2D eigenvalue weighted by Crippen LogP contribution is -2.26. The van der Waals surface area contributed by atoms with Crippen molar-refractivity contribution in [3.8, 4) is 44.5 Å². The molecule has 0 fully saturated rings. The Morgan fingerprint density at radius 2 is 0.923 bits per heavy atom. The number of hydrogen-bond donors (Lipinski definition) is 0. The van der Waals surface area contributed by atoms with E-state index in [-0.39, 0.29) is 0 Å². The zero-order chi connectivity index (χ0) is 34.0. The average Bonchev–Trinajstić information content (AvgIpc) is 3.83. The van der Waals surface area contributed by atoms with E-state index in [0.29, 0.717) is 0 Å². The first-order valence-corrected chi connectivity index (χ1v) is 18.4. The molecular formula is C51H33N. The fraction of sp³-hybridized carbons (Fsp3) is 0.0588. The Hall–Kier alpha value is -6.44. The Morgan fingerprint density at radius 1 is 0.346 bits per heavy atom. The van der Waals surface area contributed by atoms with Gasteiger partial charge in [-0.3, -0.25) is 0 Å². The number of rotatable bonds is 2. The van der Waals surface area contributed by atoms with Gasteiger partial charge in [-0.2, -0.15) is 0 Å². The summed E-state index contributed by atoms with van der Waals surface area (Å²) < 4.78 is 0. The highest BCUT2D eigenvalue weighted by atomic mass is 15.2. The van der Waals surface area contributed by atoms with Crippen LogP contribution in [0, 0.1) is 0 Å². The zero-order valence-corrected chi connectivity index (χ0v) is 28.6. The summed E-state index contributed by atoms with van der Waals surface area (Å²) in [5.41, 5.74) is 25.2. The molecular weight excluding hydrogens is 627 g/mol. The molecule has 0 amide bonds. The minimum atomic E-state index is -0.418. The smallest absolute Gasteiger partial charge is 0.0725 e. The van der Waals surface area contributed by atoms with E-state index in [4.69, 9.17) is 0 Å². The maximum Gasteiger partial charge on any atom is 0.0725 e. The minimum absolute atomic E-state index is 0.418. The zero-order valence-electron chi connectivity index (χ0n) is 28.6. The van der Waals surface area contributed by atoms with Gasteiger partial charge in [0.15, 0.2) is 0 Å². The van der Waals surface area contributed by atoms with Crippen molar-refractivity contribution in [2.24, 2.45) is 0 Å². The molecule has 4 aliphatic rings. The van der Waals surface area contributed by atoms with Gasteiger partial charge in [0.05, 0.1) is 11.1 Å².